The molecule has 1 atom stereocenters. The largest absolute Gasteiger partial charge is 0.480 e. The summed E-state index contributed by atoms with van der Waals surface area (Å²) in [5, 5.41) is 12.6. The summed E-state index contributed by atoms with van der Waals surface area (Å²) in [7, 11) is 0. The summed E-state index contributed by atoms with van der Waals surface area (Å²) in [4.78, 5) is 23.5. The lowest BCUT2D eigenvalue weighted by Gasteiger charge is -2.16. The summed E-state index contributed by atoms with van der Waals surface area (Å²) >= 11 is 1.65. The molecule has 1 amide bonds. The number of carbonyl (C=O) groups excluding carboxylic acids is 1. The third-order valence-corrected chi connectivity index (χ3v) is 3.91. The molecule has 0 aliphatic carbocycles. The Morgan fingerprint density at radius 1 is 1.27 bits per heavy atom. The van der Waals surface area contributed by atoms with Crippen LogP contribution in [0, 0.1) is 0 Å². The molecule has 124 valence electrons. The molecule has 0 saturated carbocycles. The minimum Gasteiger partial charge on any atom is -0.480 e. The van der Waals surface area contributed by atoms with E-state index in [1.54, 1.807) is 11.3 Å². The smallest absolute Gasteiger partial charge is 0.391 e. The van der Waals surface area contributed by atoms with Crippen LogP contribution < -0.4 is 5.32 Å². The summed E-state index contributed by atoms with van der Waals surface area (Å²) < 4.78 is 36.6. The Bertz CT molecular complexity index is 474. The molecule has 0 fully saturated rings. The van der Waals surface area contributed by atoms with Gasteiger partial charge in [-0.2, -0.15) is 13.2 Å². The van der Waals surface area contributed by atoms with Crippen LogP contribution in [0.25, 0.3) is 0 Å². The van der Waals surface area contributed by atoms with Crippen molar-refractivity contribution in [1.29, 1.82) is 0 Å². The molecule has 0 radical (unpaired) electrons. The number of carboxylic acid groups (broad SMARTS) is 1. The van der Waals surface area contributed by atoms with Gasteiger partial charge < -0.3 is 10.4 Å². The minimum atomic E-state index is -4.63. The van der Waals surface area contributed by atoms with Crippen molar-refractivity contribution in [2.24, 2.45) is 0 Å². The molecule has 1 heterocycles. The van der Waals surface area contributed by atoms with E-state index in [0.29, 0.717) is 6.42 Å². The fourth-order valence-corrected chi connectivity index (χ4v) is 2.67. The molecule has 0 spiro atoms. The van der Waals surface area contributed by atoms with Gasteiger partial charge in [0.1, 0.15) is 6.04 Å². The van der Waals surface area contributed by atoms with Crippen LogP contribution in [-0.2, 0) is 16.0 Å². The number of amides is 1. The van der Waals surface area contributed by atoms with Crippen molar-refractivity contribution < 1.29 is 27.9 Å². The molecule has 1 rings (SSSR count). The number of nitrogens with one attached hydrogen (secondary N) is 1. The van der Waals surface area contributed by atoms with Crippen LogP contribution in [0.15, 0.2) is 17.5 Å². The van der Waals surface area contributed by atoms with Gasteiger partial charge in [-0.1, -0.05) is 12.5 Å². The maximum Gasteiger partial charge on any atom is 0.391 e. The van der Waals surface area contributed by atoms with Crippen molar-refractivity contribution in [2.45, 2.75) is 50.7 Å². The molecular weight excluding hydrogens is 319 g/mol. The molecule has 4 nitrogen and oxygen atoms in total. The highest BCUT2D eigenvalue weighted by Gasteiger charge is 2.36. The van der Waals surface area contributed by atoms with Gasteiger partial charge in [-0.15, -0.1) is 11.3 Å². The summed E-state index contributed by atoms with van der Waals surface area (Å²) in [6.45, 7) is 0. The third-order valence-electron chi connectivity index (χ3n) is 2.98. The van der Waals surface area contributed by atoms with Crippen LogP contribution >= 0.6 is 11.3 Å². The summed E-state index contributed by atoms with van der Waals surface area (Å²) in [6, 6.07) is 2.06. The summed E-state index contributed by atoms with van der Waals surface area (Å²) in [5.41, 5.74) is 0. The number of hydrogen-bond donors (Lipinski definition) is 2. The van der Waals surface area contributed by atoms with Crippen LogP contribution in [-0.4, -0.2) is 29.2 Å². The van der Waals surface area contributed by atoms with Crippen molar-refractivity contribution >= 4 is 23.2 Å². The molecular formula is C14H18F3NO3S. The first-order valence-corrected chi connectivity index (χ1v) is 7.77. The van der Waals surface area contributed by atoms with E-state index in [2.05, 4.69) is 0 Å². The zero-order chi connectivity index (χ0) is 16.6. The van der Waals surface area contributed by atoms with Crippen molar-refractivity contribution in [2.75, 3.05) is 0 Å². The van der Waals surface area contributed by atoms with Crippen LogP contribution in [0.1, 0.15) is 37.0 Å². The van der Waals surface area contributed by atoms with Gasteiger partial charge in [0.15, 0.2) is 0 Å². The van der Waals surface area contributed by atoms with E-state index in [0.717, 1.165) is 19.3 Å². The first-order valence-electron chi connectivity index (χ1n) is 6.89. The molecule has 22 heavy (non-hydrogen) atoms. The van der Waals surface area contributed by atoms with Crippen LogP contribution in [0.4, 0.5) is 13.2 Å². The maximum absolute atomic E-state index is 12.2. The number of aryl methyl sites for hydroxylation is 1. The zero-order valence-corrected chi connectivity index (χ0v) is 12.7. The highest BCUT2D eigenvalue weighted by atomic mass is 32.1. The van der Waals surface area contributed by atoms with Gasteiger partial charge in [0.2, 0.25) is 5.91 Å². The second-order valence-electron chi connectivity index (χ2n) is 4.92. The fourth-order valence-electron chi connectivity index (χ4n) is 1.91. The maximum atomic E-state index is 12.2. The van der Waals surface area contributed by atoms with Crippen molar-refractivity contribution in [1.82, 2.24) is 5.32 Å². The number of carbonyl (C=O) groups is 2. The number of halogens is 3. The van der Waals surface area contributed by atoms with E-state index >= 15 is 0 Å². The van der Waals surface area contributed by atoms with Crippen LogP contribution in [0.3, 0.4) is 0 Å². The standard InChI is InChI=1S/C14H18F3NO3S/c15-14(16,17)9-11(13(20)21)18-12(19)7-3-1-2-5-10-6-4-8-22-10/h4,6,8,11H,1-3,5,7,9H2,(H,18,19)(H,20,21). The predicted octanol–water partition coefficient (Wildman–Crippen LogP) is 3.37. The molecule has 0 saturated heterocycles. The van der Waals surface area contributed by atoms with E-state index < -0.39 is 30.5 Å². The molecule has 0 aliphatic heterocycles. The molecule has 0 aromatic carbocycles. The normalized spacial score (nSPS) is 12.9. The van der Waals surface area contributed by atoms with Gasteiger partial charge in [-0.3, -0.25) is 4.79 Å². The minimum absolute atomic E-state index is 0.0338. The van der Waals surface area contributed by atoms with Crippen molar-refractivity contribution in [3.63, 3.8) is 0 Å². The lowest BCUT2D eigenvalue weighted by molar-refractivity contribution is -0.160. The van der Waals surface area contributed by atoms with Crippen LogP contribution in [0.2, 0.25) is 0 Å². The Hall–Kier alpha value is -1.57. The molecule has 0 aliphatic rings. The van der Waals surface area contributed by atoms with Gasteiger partial charge in [0.25, 0.3) is 0 Å². The van der Waals surface area contributed by atoms with E-state index in [1.807, 2.05) is 22.8 Å². The van der Waals surface area contributed by atoms with E-state index in [-0.39, 0.29) is 6.42 Å². The van der Waals surface area contributed by atoms with Gasteiger partial charge in [0, 0.05) is 11.3 Å². The number of unbranched alkanes of at least 4 members (excludes halogenated alkanes) is 2. The summed E-state index contributed by atoms with van der Waals surface area (Å²) in [5.74, 6) is -2.34. The quantitative estimate of drug-likeness (QED) is 0.679. The second-order valence-corrected chi connectivity index (χ2v) is 5.95. The van der Waals surface area contributed by atoms with Crippen LogP contribution in [0.5, 0.6) is 0 Å². The Kier molecular flexibility index (Phi) is 7.37. The molecule has 1 aromatic heterocycles. The first kappa shape index (κ1) is 18.5. The Labute approximate surface area is 130 Å². The first-order chi connectivity index (χ1) is 10.3. The average molecular weight is 337 g/mol. The molecule has 1 unspecified atom stereocenters. The average Bonchev–Trinajstić information content (AvgIpc) is 2.89. The predicted molar refractivity (Wildman–Crippen MR) is 76.7 cm³/mol. The van der Waals surface area contributed by atoms with Gasteiger partial charge in [-0.25, -0.2) is 4.79 Å². The highest BCUT2D eigenvalue weighted by molar-refractivity contribution is 7.09. The lowest BCUT2D eigenvalue weighted by atomic mass is 10.1. The monoisotopic (exact) mass is 337 g/mol. The van der Waals surface area contributed by atoms with Gasteiger partial charge in [0.05, 0.1) is 6.42 Å². The van der Waals surface area contributed by atoms with Gasteiger partial charge >= 0.3 is 12.1 Å². The SMILES string of the molecule is O=C(CCCCCc1cccs1)NC(CC(F)(F)F)C(=O)O. The topological polar surface area (TPSA) is 66.4 Å². The second kappa shape index (κ2) is 8.77. The third kappa shape index (κ3) is 8.02. The number of aliphatic carboxylic acids is 1. The summed E-state index contributed by atoms with van der Waals surface area (Å²) in [6.07, 6.45) is -3.07. The van der Waals surface area contributed by atoms with Crippen molar-refractivity contribution in [3.8, 4) is 0 Å². The number of carboxylic acids is 1. The number of thiophene rings is 1. The fraction of sp³-hybridized carbons (Fsp3) is 0.571. The number of hydrogen-bond acceptors (Lipinski definition) is 3. The number of alkyl halides is 3. The Morgan fingerprint density at radius 2 is 2.00 bits per heavy atom. The zero-order valence-electron chi connectivity index (χ0n) is 11.9. The highest BCUT2D eigenvalue weighted by Crippen LogP contribution is 2.21. The molecule has 8 heteroatoms. The van der Waals surface area contributed by atoms with Crippen molar-refractivity contribution in [3.05, 3.63) is 22.4 Å². The Balaban J connectivity index is 2.21. The van der Waals surface area contributed by atoms with Gasteiger partial charge in [-0.05, 0) is 30.7 Å². The van der Waals surface area contributed by atoms with E-state index in [9.17, 15) is 22.8 Å². The van der Waals surface area contributed by atoms with E-state index in [1.165, 1.54) is 4.88 Å². The Morgan fingerprint density at radius 3 is 2.55 bits per heavy atom. The van der Waals surface area contributed by atoms with E-state index in [4.69, 9.17) is 5.11 Å². The number of rotatable bonds is 9. The molecule has 0 bridgehead atoms. The molecule has 1 aromatic rings. The lowest BCUT2D eigenvalue weighted by Crippen LogP contribution is -2.43. The molecule has 2 N–H and O–H groups in total.